The van der Waals surface area contributed by atoms with Gasteiger partial charge < -0.3 is 4.57 Å². The van der Waals surface area contributed by atoms with E-state index in [0.717, 1.165) is 18.7 Å². The van der Waals surface area contributed by atoms with E-state index in [1.54, 1.807) is 0 Å². The van der Waals surface area contributed by atoms with E-state index in [1.165, 1.54) is 16.8 Å². The molecule has 0 saturated carbocycles. The highest BCUT2D eigenvalue weighted by Crippen LogP contribution is 2.21. The molecular formula is C18H18N2. The molecule has 0 fully saturated rings. The molecule has 2 heteroatoms. The van der Waals surface area contributed by atoms with E-state index in [4.69, 9.17) is 0 Å². The topological polar surface area (TPSA) is 17.8 Å². The Balaban J connectivity index is 1.78. The first kappa shape index (κ1) is 12.7. The average molecular weight is 262 g/mol. The van der Waals surface area contributed by atoms with Gasteiger partial charge in [-0.3, -0.25) is 0 Å². The highest BCUT2D eigenvalue weighted by Gasteiger charge is 2.08. The second-order valence-electron chi connectivity index (χ2n) is 4.97. The van der Waals surface area contributed by atoms with E-state index in [2.05, 4.69) is 71.1 Å². The van der Waals surface area contributed by atoms with Crippen LogP contribution >= 0.6 is 0 Å². The Morgan fingerprint density at radius 2 is 1.55 bits per heavy atom. The van der Waals surface area contributed by atoms with Crippen LogP contribution in [0.4, 0.5) is 0 Å². The first-order chi connectivity index (χ1) is 9.84. The summed E-state index contributed by atoms with van der Waals surface area (Å²) in [6.07, 6.45) is 2.98. The molecule has 0 saturated heterocycles. The minimum atomic E-state index is 0.968. The molecule has 0 unspecified atom stereocenters. The van der Waals surface area contributed by atoms with Crippen LogP contribution in [0.1, 0.15) is 11.3 Å². The van der Waals surface area contributed by atoms with E-state index in [-0.39, 0.29) is 0 Å². The number of hydrogen-bond acceptors (Lipinski definition) is 1. The van der Waals surface area contributed by atoms with Crippen LogP contribution in [-0.2, 0) is 13.0 Å². The van der Waals surface area contributed by atoms with Crippen molar-refractivity contribution < 1.29 is 0 Å². The van der Waals surface area contributed by atoms with Gasteiger partial charge in [-0.25, -0.2) is 4.98 Å². The summed E-state index contributed by atoms with van der Waals surface area (Å²) in [5.41, 5.74) is 4.86. The van der Waals surface area contributed by atoms with Crippen molar-refractivity contribution in [3.63, 3.8) is 0 Å². The number of aryl methyl sites for hydroxylation is 2. The third-order valence-electron chi connectivity index (χ3n) is 3.63. The fourth-order valence-corrected chi connectivity index (χ4v) is 2.44. The van der Waals surface area contributed by atoms with Gasteiger partial charge in [0, 0.05) is 17.8 Å². The first-order valence-electron chi connectivity index (χ1n) is 6.95. The number of aromatic nitrogens is 2. The molecule has 0 bridgehead atoms. The summed E-state index contributed by atoms with van der Waals surface area (Å²) in [7, 11) is 0. The molecule has 1 aromatic heterocycles. The molecule has 20 heavy (non-hydrogen) atoms. The smallest absolute Gasteiger partial charge is 0.0956 e. The molecule has 2 nitrogen and oxygen atoms in total. The van der Waals surface area contributed by atoms with Crippen molar-refractivity contribution in [2.24, 2.45) is 0 Å². The van der Waals surface area contributed by atoms with Crippen molar-refractivity contribution in [2.75, 3.05) is 0 Å². The van der Waals surface area contributed by atoms with Crippen LogP contribution in [0, 0.1) is 6.92 Å². The van der Waals surface area contributed by atoms with Gasteiger partial charge in [-0.05, 0) is 18.9 Å². The van der Waals surface area contributed by atoms with Gasteiger partial charge in [0.25, 0.3) is 0 Å². The second-order valence-corrected chi connectivity index (χ2v) is 4.97. The van der Waals surface area contributed by atoms with Crippen LogP contribution in [0.25, 0.3) is 11.3 Å². The molecule has 100 valence electrons. The van der Waals surface area contributed by atoms with Crippen molar-refractivity contribution in [1.82, 2.24) is 9.55 Å². The molecule has 0 aliphatic rings. The minimum Gasteiger partial charge on any atom is -0.334 e. The largest absolute Gasteiger partial charge is 0.334 e. The summed E-state index contributed by atoms with van der Waals surface area (Å²) in [6.45, 7) is 3.11. The fraction of sp³-hybridized carbons (Fsp3) is 0.167. The van der Waals surface area contributed by atoms with Crippen molar-refractivity contribution in [1.29, 1.82) is 0 Å². The Bertz CT molecular complexity index is 669. The lowest BCUT2D eigenvalue weighted by molar-refractivity contribution is 0.678. The van der Waals surface area contributed by atoms with Gasteiger partial charge in [-0.15, -0.1) is 0 Å². The Hall–Kier alpha value is -2.35. The quantitative estimate of drug-likeness (QED) is 0.692. The van der Waals surface area contributed by atoms with Gasteiger partial charge in [-0.2, -0.15) is 0 Å². The Kier molecular flexibility index (Phi) is 3.64. The van der Waals surface area contributed by atoms with Gasteiger partial charge in [0.15, 0.2) is 0 Å². The predicted molar refractivity (Wildman–Crippen MR) is 82.5 cm³/mol. The van der Waals surface area contributed by atoms with E-state index < -0.39 is 0 Å². The van der Waals surface area contributed by atoms with Crippen LogP contribution in [-0.4, -0.2) is 9.55 Å². The zero-order valence-electron chi connectivity index (χ0n) is 11.7. The molecule has 1 heterocycles. The molecule has 3 rings (SSSR count). The lowest BCUT2D eigenvalue weighted by atomic mass is 10.1. The highest BCUT2D eigenvalue weighted by atomic mass is 15.0. The monoisotopic (exact) mass is 262 g/mol. The maximum absolute atomic E-state index is 4.56. The van der Waals surface area contributed by atoms with Crippen molar-refractivity contribution >= 4 is 0 Å². The van der Waals surface area contributed by atoms with Crippen molar-refractivity contribution in [3.8, 4) is 11.3 Å². The third kappa shape index (κ3) is 2.64. The van der Waals surface area contributed by atoms with Crippen LogP contribution in [0.2, 0.25) is 0 Å². The first-order valence-corrected chi connectivity index (χ1v) is 6.95. The number of imidazole rings is 1. The van der Waals surface area contributed by atoms with E-state index in [9.17, 15) is 0 Å². The maximum atomic E-state index is 4.56. The standard InChI is InChI=1S/C18H18N2/c1-15-18(17-10-6-3-7-11-17)19-14-20(15)13-12-16-8-4-2-5-9-16/h2-11,14H,12-13H2,1H3. The van der Waals surface area contributed by atoms with E-state index in [1.807, 2.05) is 12.4 Å². The summed E-state index contributed by atoms with van der Waals surface area (Å²) in [5, 5.41) is 0. The van der Waals surface area contributed by atoms with Gasteiger partial charge in [-0.1, -0.05) is 60.7 Å². The second kappa shape index (κ2) is 5.74. The van der Waals surface area contributed by atoms with E-state index >= 15 is 0 Å². The predicted octanol–water partition coefficient (Wildman–Crippen LogP) is 4.10. The lowest BCUT2D eigenvalue weighted by Crippen LogP contribution is -2.02. The van der Waals surface area contributed by atoms with Crippen LogP contribution < -0.4 is 0 Å². The number of nitrogens with zero attached hydrogens (tertiary/aromatic N) is 2. The molecular weight excluding hydrogens is 244 g/mol. The van der Waals surface area contributed by atoms with E-state index in [0.29, 0.717) is 0 Å². The third-order valence-corrected chi connectivity index (χ3v) is 3.63. The zero-order chi connectivity index (χ0) is 13.8. The van der Waals surface area contributed by atoms with Crippen LogP contribution in [0.3, 0.4) is 0 Å². The van der Waals surface area contributed by atoms with Gasteiger partial charge in [0.05, 0.1) is 12.0 Å². The molecule has 0 amide bonds. The Morgan fingerprint density at radius 1 is 0.900 bits per heavy atom. The molecule has 0 atom stereocenters. The normalized spacial score (nSPS) is 10.7. The molecule has 2 aromatic carbocycles. The summed E-state index contributed by atoms with van der Waals surface area (Å²) in [4.78, 5) is 4.56. The Labute approximate surface area is 119 Å². The zero-order valence-corrected chi connectivity index (χ0v) is 11.7. The van der Waals surface area contributed by atoms with Gasteiger partial charge in [0.2, 0.25) is 0 Å². The van der Waals surface area contributed by atoms with Crippen LogP contribution in [0.15, 0.2) is 67.0 Å². The van der Waals surface area contributed by atoms with Gasteiger partial charge >= 0.3 is 0 Å². The van der Waals surface area contributed by atoms with Gasteiger partial charge in [0.1, 0.15) is 0 Å². The summed E-state index contributed by atoms with van der Waals surface area (Å²) in [6, 6.07) is 20.9. The molecule has 0 aliphatic carbocycles. The summed E-state index contributed by atoms with van der Waals surface area (Å²) >= 11 is 0. The minimum absolute atomic E-state index is 0.968. The lowest BCUT2D eigenvalue weighted by Gasteiger charge is -2.06. The van der Waals surface area contributed by atoms with Crippen molar-refractivity contribution in [2.45, 2.75) is 19.9 Å². The fourth-order valence-electron chi connectivity index (χ4n) is 2.44. The number of hydrogen-bond donors (Lipinski definition) is 0. The SMILES string of the molecule is Cc1c(-c2ccccc2)ncn1CCc1ccccc1. The Morgan fingerprint density at radius 3 is 2.25 bits per heavy atom. The average Bonchev–Trinajstić information content (AvgIpc) is 2.88. The molecule has 0 N–H and O–H groups in total. The number of rotatable bonds is 4. The number of benzene rings is 2. The molecule has 0 aliphatic heterocycles. The maximum Gasteiger partial charge on any atom is 0.0956 e. The summed E-state index contributed by atoms with van der Waals surface area (Å²) < 4.78 is 2.23. The molecule has 3 aromatic rings. The van der Waals surface area contributed by atoms with Crippen LogP contribution in [0.5, 0.6) is 0 Å². The van der Waals surface area contributed by atoms with Crippen molar-refractivity contribution in [3.05, 3.63) is 78.2 Å². The summed E-state index contributed by atoms with van der Waals surface area (Å²) in [5.74, 6) is 0. The molecule has 0 spiro atoms. The molecule has 0 radical (unpaired) electrons. The highest BCUT2D eigenvalue weighted by molar-refractivity contribution is 5.61.